The summed E-state index contributed by atoms with van der Waals surface area (Å²) in [6.07, 6.45) is 5.39. The molecule has 0 aliphatic carbocycles. The third kappa shape index (κ3) is 11.4. The average Bonchev–Trinajstić information content (AvgIpc) is 3.98. The second-order valence-corrected chi connectivity index (χ2v) is 19.8. The minimum absolute atomic E-state index is 0.0403. The van der Waals surface area contributed by atoms with Crippen LogP contribution in [-0.2, 0) is 52.8 Å². The zero-order valence-corrected chi connectivity index (χ0v) is 41.0. The summed E-state index contributed by atoms with van der Waals surface area (Å²) in [6, 6.07) is 9.06. The summed E-state index contributed by atoms with van der Waals surface area (Å²) in [7, 11) is 3.16. The molecule has 6 bridgehead atoms. The minimum Gasteiger partial charge on any atom is -0.508 e. The number of carbonyl (C=O) groups is 4. The first kappa shape index (κ1) is 49.9. The quantitative estimate of drug-likeness (QED) is 0.0906. The van der Waals surface area contributed by atoms with Gasteiger partial charge in [0.25, 0.3) is 17.9 Å². The number of phenolic OH excluding ortho intramolecular Hbond substituents is 1. The minimum atomic E-state index is -1.20. The number of aromatic nitrogens is 3. The molecule has 8 rings (SSSR count). The van der Waals surface area contributed by atoms with Crippen molar-refractivity contribution in [1.29, 1.82) is 0 Å². The molecular formula is C51H65N10O9+. The van der Waals surface area contributed by atoms with Crippen LogP contribution >= 0.6 is 0 Å². The number of rotatable bonds is 10. The van der Waals surface area contributed by atoms with Gasteiger partial charge in [0.2, 0.25) is 5.91 Å². The Kier molecular flexibility index (Phi) is 15.5. The van der Waals surface area contributed by atoms with Gasteiger partial charge in [-0.25, -0.2) is 10.4 Å². The van der Waals surface area contributed by atoms with Crippen molar-refractivity contribution in [2.24, 2.45) is 11.3 Å². The third-order valence-electron chi connectivity index (χ3n) is 13.5. The number of cyclic esters (lactones) is 1. The summed E-state index contributed by atoms with van der Waals surface area (Å²) in [5.41, 5.74) is 8.28. The first-order chi connectivity index (χ1) is 33.6. The molecule has 3 amide bonds. The number of methoxy groups -OCH3 is 1. The van der Waals surface area contributed by atoms with Crippen LogP contribution in [0.15, 0.2) is 54.9 Å². The number of fused-ring (bicyclic) bond motifs is 6. The van der Waals surface area contributed by atoms with E-state index in [-0.39, 0.29) is 44.4 Å². The van der Waals surface area contributed by atoms with Gasteiger partial charge < -0.3 is 33.9 Å². The van der Waals surface area contributed by atoms with Crippen molar-refractivity contribution in [3.8, 4) is 40.0 Å². The van der Waals surface area contributed by atoms with E-state index in [0.29, 0.717) is 68.8 Å². The molecule has 19 heteroatoms. The van der Waals surface area contributed by atoms with Crippen LogP contribution in [0.25, 0.3) is 28.0 Å². The lowest BCUT2D eigenvalue weighted by Crippen LogP contribution is -2.62. The van der Waals surface area contributed by atoms with Gasteiger partial charge in [0, 0.05) is 69.5 Å². The van der Waals surface area contributed by atoms with Crippen LogP contribution in [0.1, 0.15) is 63.9 Å². The number of aromatic hydroxyl groups is 1. The van der Waals surface area contributed by atoms with Crippen molar-refractivity contribution in [2.75, 3.05) is 73.2 Å². The number of morpholine rings is 1. The molecule has 19 nitrogen and oxygen atoms in total. The summed E-state index contributed by atoms with van der Waals surface area (Å²) in [5.74, 6) is 3.32. The van der Waals surface area contributed by atoms with E-state index in [2.05, 4.69) is 32.5 Å². The van der Waals surface area contributed by atoms with Crippen LogP contribution in [0.4, 0.5) is 0 Å². The van der Waals surface area contributed by atoms with Crippen molar-refractivity contribution in [3.63, 3.8) is 0 Å². The highest BCUT2D eigenvalue weighted by Gasteiger charge is 2.45. The lowest BCUT2D eigenvalue weighted by molar-refractivity contribution is -0.732. The Balaban J connectivity index is 1.08. The van der Waals surface area contributed by atoms with E-state index in [1.54, 1.807) is 37.4 Å². The number of pyridine rings is 2. The molecule has 0 radical (unpaired) electrons. The Morgan fingerprint density at radius 1 is 1.09 bits per heavy atom. The highest BCUT2D eigenvalue weighted by molar-refractivity contribution is 5.94. The molecule has 3 aromatic heterocycles. The van der Waals surface area contributed by atoms with Gasteiger partial charge in [-0.3, -0.25) is 34.1 Å². The molecule has 0 spiro atoms. The van der Waals surface area contributed by atoms with Crippen molar-refractivity contribution in [3.05, 3.63) is 76.7 Å². The fourth-order valence-corrected chi connectivity index (χ4v) is 9.84. The number of carbonyl (C=O) groups excluding carboxylic acids is 4. The van der Waals surface area contributed by atoms with Gasteiger partial charge in [-0.1, -0.05) is 39.7 Å². The summed E-state index contributed by atoms with van der Waals surface area (Å²) in [6.45, 7) is 12.0. The summed E-state index contributed by atoms with van der Waals surface area (Å²) in [5, 5.41) is 17.0. The van der Waals surface area contributed by atoms with E-state index in [0.717, 1.165) is 46.2 Å². The number of hydrazine groups is 2. The molecule has 4 aromatic rings. The second-order valence-electron chi connectivity index (χ2n) is 19.8. The van der Waals surface area contributed by atoms with Crippen LogP contribution in [0.3, 0.4) is 0 Å². The van der Waals surface area contributed by atoms with Crippen molar-refractivity contribution >= 4 is 29.3 Å². The maximum atomic E-state index is 14.7. The Morgan fingerprint density at radius 3 is 2.66 bits per heavy atom. The number of likely N-dealkylation sites (tertiary alicyclic amines) is 1. The zero-order chi connectivity index (χ0) is 49.7. The van der Waals surface area contributed by atoms with Crippen LogP contribution in [0, 0.1) is 28.1 Å². The SMILES string of the molecule is COCc1ncccc1-c1nc2ccc3cn2c1CC(C)(C)COC(=O)[C@@H]1CCCN(N1)C(=O)[C@@H](NC(=O)[C@H](C(C)C)N(C)[N+](=O)[C@H]1CCN(C(=O)C#CCN2CCOCC2)C1)Cc1cc(O)cc-3c1. The van der Waals surface area contributed by atoms with Crippen molar-refractivity contribution < 1.29 is 43.4 Å². The lowest BCUT2D eigenvalue weighted by Gasteiger charge is -2.36. The molecular weight excluding hydrogens is 897 g/mol. The Labute approximate surface area is 408 Å². The molecule has 3 fully saturated rings. The zero-order valence-electron chi connectivity index (χ0n) is 41.0. The van der Waals surface area contributed by atoms with E-state index in [9.17, 15) is 29.2 Å². The van der Waals surface area contributed by atoms with Gasteiger partial charge in [-0.05, 0) is 84.2 Å². The summed E-state index contributed by atoms with van der Waals surface area (Å²) >= 11 is 0. The monoisotopic (exact) mass is 961 g/mol. The Morgan fingerprint density at radius 2 is 1.89 bits per heavy atom. The third-order valence-corrected chi connectivity index (χ3v) is 13.5. The largest absolute Gasteiger partial charge is 0.508 e. The highest BCUT2D eigenvalue weighted by atomic mass is 16.5. The number of nitrogens with one attached hydrogen (secondary N) is 2. The van der Waals surface area contributed by atoms with E-state index < -0.39 is 53.3 Å². The van der Waals surface area contributed by atoms with Crippen LogP contribution in [0.5, 0.6) is 5.75 Å². The number of ether oxygens (including phenoxy) is 3. The predicted octanol–water partition coefficient (Wildman–Crippen LogP) is 3.15. The topological polar surface area (TPSA) is 203 Å². The number of esters is 1. The fraction of sp³-hybridized carbons (Fsp3) is 0.529. The molecule has 372 valence electrons. The van der Waals surface area contributed by atoms with E-state index in [1.807, 2.05) is 68.6 Å². The van der Waals surface area contributed by atoms with E-state index >= 15 is 0 Å². The first-order valence-corrected chi connectivity index (χ1v) is 24.2. The van der Waals surface area contributed by atoms with Crippen LogP contribution < -0.4 is 10.7 Å². The van der Waals surface area contributed by atoms with Gasteiger partial charge in [-0.15, -0.1) is 5.01 Å². The maximum absolute atomic E-state index is 14.7. The van der Waals surface area contributed by atoms with Gasteiger partial charge in [0.15, 0.2) is 6.04 Å². The van der Waals surface area contributed by atoms with Crippen LogP contribution in [-0.4, -0.2) is 165 Å². The lowest BCUT2D eigenvalue weighted by atomic mass is 9.87. The standard InChI is InChI=1S/C51H64N10O9/c1-33(2)47(56(5)61(67)37-15-19-58(30-37)45(63)12-9-17-57-20-22-69-23-21-57)48(64)53-41-26-34-24-36(27-38(62)25-34)35-13-14-44-54-46(39-10-7-16-52-42(39)31-68-6)43(59(44)29-35)28-51(3,4)32-70-50(66)40-11-8-18-60(55-40)49(41)65/h7,10,13-14,16,24-25,27,29,33,37,40-41,47,55H,8,11,15,17-23,26,28,30-32H2,1-6H3,(H-,53,62,64)/p+1/t37-,40-,41-,47-/m0/s1. The molecule has 0 saturated carbocycles. The number of benzene rings is 1. The molecule has 0 unspecified atom stereocenters. The predicted molar refractivity (Wildman–Crippen MR) is 258 cm³/mol. The maximum Gasteiger partial charge on any atom is 0.324 e. The molecule has 4 atom stereocenters. The summed E-state index contributed by atoms with van der Waals surface area (Å²) in [4.78, 5) is 84.5. The molecule has 7 heterocycles. The van der Waals surface area contributed by atoms with Gasteiger partial charge in [0.05, 0.1) is 68.6 Å². The molecule has 4 aliphatic rings. The number of likely N-dealkylation sites (N-methyl/N-ethyl adjacent to an activating group) is 1. The normalized spacial score (nSPS) is 21.4. The Bertz CT molecular complexity index is 2670. The second kappa shape index (κ2) is 21.7. The van der Waals surface area contributed by atoms with Gasteiger partial charge in [0.1, 0.15) is 28.3 Å². The number of hydrogen-bond acceptors (Lipinski definition) is 13. The number of nitrogens with zero attached hydrogens (tertiary/aromatic N) is 8. The number of imidazole rings is 1. The number of phenols is 1. The van der Waals surface area contributed by atoms with E-state index in [1.165, 1.54) is 10.0 Å². The van der Waals surface area contributed by atoms with E-state index in [4.69, 9.17) is 19.2 Å². The number of nitroso groups, excluding NO2 is 1. The van der Waals surface area contributed by atoms with Crippen molar-refractivity contribution in [2.45, 2.75) is 90.6 Å². The molecule has 70 heavy (non-hydrogen) atoms. The molecule has 1 aromatic carbocycles. The van der Waals surface area contributed by atoms with Gasteiger partial charge in [-0.2, -0.15) is 0 Å². The number of amides is 3. The summed E-state index contributed by atoms with van der Waals surface area (Å²) < 4.78 is 18.9. The molecule has 4 aliphatic heterocycles. The fourth-order valence-electron chi connectivity index (χ4n) is 9.84. The number of hydrogen-bond donors (Lipinski definition) is 3. The highest BCUT2D eigenvalue weighted by Crippen LogP contribution is 2.35. The van der Waals surface area contributed by atoms with Crippen LogP contribution in [0.2, 0.25) is 0 Å². The average molecular weight is 962 g/mol. The Hall–Kier alpha value is -6.46. The first-order valence-electron chi connectivity index (χ1n) is 24.2. The molecule has 3 saturated heterocycles. The van der Waals surface area contributed by atoms with Crippen molar-refractivity contribution in [1.82, 2.24) is 44.9 Å². The molecule has 3 N–H and O–H groups in total. The van der Waals surface area contributed by atoms with Gasteiger partial charge >= 0.3 is 5.97 Å². The smallest absolute Gasteiger partial charge is 0.324 e.